The lowest BCUT2D eigenvalue weighted by Crippen LogP contribution is -2.53. The molecule has 2 nitrogen and oxygen atoms in total. The third-order valence-corrected chi connectivity index (χ3v) is 10.5. The molecule has 0 aliphatic heterocycles. The lowest BCUT2D eigenvalue weighted by molar-refractivity contribution is -0.0910. The van der Waals surface area contributed by atoms with E-state index in [0.29, 0.717) is 24.0 Å². The first kappa shape index (κ1) is 24.2. The highest BCUT2D eigenvalue weighted by Crippen LogP contribution is 2.66. The highest BCUT2D eigenvalue weighted by Gasteiger charge is 2.57. The molecule has 0 radical (unpaired) electrons. The number of ether oxygens (including phenoxy) is 1. The number of benzene rings is 1. The van der Waals surface area contributed by atoms with E-state index in [1.165, 1.54) is 12.1 Å². The van der Waals surface area contributed by atoms with Crippen molar-refractivity contribution >= 4 is 0 Å². The number of aliphatic hydroxyl groups is 1. The van der Waals surface area contributed by atoms with Crippen LogP contribution in [-0.2, 0) is 11.3 Å². The van der Waals surface area contributed by atoms with Gasteiger partial charge in [0.05, 0.1) is 18.8 Å². The van der Waals surface area contributed by atoms with Crippen molar-refractivity contribution in [2.75, 3.05) is 0 Å². The number of fused-ring (bicyclic) bond motifs is 4. The summed E-state index contributed by atoms with van der Waals surface area (Å²) in [6, 6.07) is 4.01. The van der Waals surface area contributed by atoms with E-state index in [4.69, 9.17) is 4.74 Å². The fraction of sp³-hybridized carbons (Fsp3) is 0.667. The molecule has 0 spiro atoms. The topological polar surface area (TPSA) is 29.5 Å². The Hall–Kier alpha value is -1.52. The lowest BCUT2D eigenvalue weighted by atomic mass is 9.46. The van der Waals surface area contributed by atoms with Gasteiger partial charge < -0.3 is 9.84 Å². The number of hydrogen-bond acceptors (Lipinski definition) is 2. The summed E-state index contributed by atoms with van der Waals surface area (Å²) in [6.45, 7) is 11.9. The summed E-state index contributed by atoms with van der Waals surface area (Å²) >= 11 is 0. The normalized spacial score (nSPS) is 37.5. The van der Waals surface area contributed by atoms with Crippen LogP contribution in [-0.4, -0.2) is 17.3 Å². The van der Waals surface area contributed by atoms with Crippen LogP contribution >= 0.6 is 0 Å². The van der Waals surface area contributed by atoms with Crippen LogP contribution in [0.1, 0.15) is 85.1 Å². The Morgan fingerprint density at radius 2 is 1.79 bits per heavy atom. The molecule has 186 valence electrons. The zero-order valence-electron chi connectivity index (χ0n) is 21.4. The Bertz CT molecular complexity index is 1040. The van der Waals surface area contributed by atoms with Crippen LogP contribution in [0.5, 0.6) is 0 Å². The van der Waals surface area contributed by atoms with Crippen LogP contribution < -0.4 is 0 Å². The van der Waals surface area contributed by atoms with Gasteiger partial charge in [-0.2, -0.15) is 0 Å². The number of hydrogen-bond donors (Lipinski definition) is 1. The fourth-order valence-electron chi connectivity index (χ4n) is 8.40. The number of allylic oxidation sites excluding steroid dienone is 4. The predicted molar refractivity (Wildman–Crippen MR) is 131 cm³/mol. The van der Waals surface area contributed by atoms with Gasteiger partial charge in [-0.1, -0.05) is 45.4 Å². The maximum absolute atomic E-state index is 13.6. The molecular formula is C30H40F2O2. The zero-order chi connectivity index (χ0) is 24.5. The Morgan fingerprint density at radius 3 is 2.53 bits per heavy atom. The van der Waals surface area contributed by atoms with E-state index in [1.54, 1.807) is 22.8 Å². The first-order chi connectivity index (χ1) is 16.0. The molecule has 0 amide bonds. The molecule has 1 saturated carbocycles. The average molecular weight is 471 g/mol. The van der Waals surface area contributed by atoms with E-state index in [1.807, 2.05) is 0 Å². The second-order valence-corrected chi connectivity index (χ2v) is 12.5. The van der Waals surface area contributed by atoms with Crippen molar-refractivity contribution in [3.05, 3.63) is 58.2 Å². The zero-order valence-corrected chi connectivity index (χ0v) is 21.4. The first-order valence-electron chi connectivity index (χ1n) is 13.2. The predicted octanol–water partition coefficient (Wildman–Crippen LogP) is 7.51. The van der Waals surface area contributed by atoms with Gasteiger partial charge >= 0.3 is 0 Å². The molecule has 0 aromatic heterocycles. The molecule has 1 N–H and O–H groups in total. The van der Waals surface area contributed by atoms with Crippen molar-refractivity contribution in [2.24, 2.45) is 28.1 Å². The van der Waals surface area contributed by atoms with Crippen LogP contribution in [0.15, 0.2) is 41.0 Å². The van der Waals surface area contributed by atoms with Crippen LogP contribution in [0.25, 0.3) is 0 Å². The summed E-state index contributed by atoms with van der Waals surface area (Å²) in [5.74, 6) is -0.723. The third-order valence-electron chi connectivity index (χ3n) is 10.5. The summed E-state index contributed by atoms with van der Waals surface area (Å²) in [5.41, 5.74) is 5.74. The van der Waals surface area contributed by atoms with Crippen LogP contribution in [0.3, 0.4) is 0 Å². The fourth-order valence-corrected chi connectivity index (χ4v) is 8.40. The molecule has 0 heterocycles. The Balaban J connectivity index is 1.36. The van der Waals surface area contributed by atoms with Crippen molar-refractivity contribution in [3.8, 4) is 0 Å². The van der Waals surface area contributed by atoms with Crippen LogP contribution in [0.4, 0.5) is 8.78 Å². The minimum atomic E-state index is -0.820. The van der Waals surface area contributed by atoms with Gasteiger partial charge in [0.25, 0.3) is 0 Å². The van der Waals surface area contributed by atoms with Crippen molar-refractivity contribution < 1.29 is 18.6 Å². The molecule has 1 aromatic rings. The SMILES string of the molecule is C[C@@H](OCc1ccc(F)c(F)c1)[C@H]1CC=C2C3=C(CC[C@@]21C)[C@@]1(C)CC[C@H](O)C(C)(C)[C@@H]1CC3. The quantitative estimate of drug-likeness (QED) is 0.493. The van der Waals surface area contributed by atoms with E-state index in [-0.39, 0.29) is 28.5 Å². The summed E-state index contributed by atoms with van der Waals surface area (Å²) in [7, 11) is 0. The van der Waals surface area contributed by atoms with Gasteiger partial charge in [0.1, 0.15) is 0 Å². The van der Waals surface area contributed by atoms with Crippen molar-refractivity contribution in [2.45, 2.75) is 98.4 Å². The highest BCUT2D eigenvalue weighted by molar-refractivity contribution is 5.50. The number of halogens is 2. The summed E-state index contributed by atoms with van der Waals surface area (Å²) in [5, 5.41) is 10.8. The van der Waals surface area contributed by atoms with Gasteiger partial charge in [-0.05, 0) is 109 Å². The minimum Gasteiger partial charge on any atom is -0.393 e. The van der Waals surface area contributed by atoms with Gasteiger partial charge in [-0.15, -0.1) is 0 Å². The van der Waals surface area contributed by atoms with Crippen LogP contribution in [0, 0.1) is 39.7 Å². The monoisotopic (exact) mass is 470 g/mol. The van der Waals surface area contributed by atoms with Gasteiger partial charge in [0.15, 0.2) is 11.6 Å². The van der Waals surface area contributed by atoms with Crippen molar-refractivity contribution in [1.82, 2.24) is 0 Å². The Morgan fingerprint density at radius 1 is 1.03 bits per heavy atom. The van der Waals surface area contributed by atoms with E-state index >= 15 is 0 Å². The standard InChI is InChI=1S/C30H40F2O2/c1-18(34-17-19-6-10-24(31)25(32)16-19)21-8-9-22-20-7-11-26-28(2,3)27(33)13-15-30(26,5)23(20)12-14-29(21,22)4/h6,9-10,16,18,21,26-27,33H,7-8,11-15,17H2,1-5H3/t18-,21-,26+,27+,29-,30-/m1/s1. The van der Waals surface area contributed by atoms with Gasteiger partial charge in [-0.25, -0.2) is 8.78 Å². The second-order valence-electron chi connectivity index (χ2n) is 12.5. The summed E-state index contributed by atoms with van der Waals surface area (Å²) in [6.07, 6.45) is 9.82. The van der Waals surface area contributed by atoms with Crippen LogP contribution in [0.2, 0.25) is 0 Å². The van der Waals surface area contributed by atoms with E-state index in [9.17, 15) is 13.9 Å². The van der Waals surface area contributed by atoms with Gasteiger partial charge in [0, 0.05) is 0 Å². The largest absolute Gasteiger partial charge is 0.393 e. The second kappa shape index (κ2) is 8.27. The van der Waals surface area contributed by atoms with Gasteiger partial charge in [-0.3, -0.25) is 0 Å². The molecule has 1 aromatic carbocycles. The number of aliphatic hydroxyl groups excluding tert-OH is 1. The Labute approximate surface area is 203 Å². The van der Waals surface area contributed by atoms with Crippen molar-refractivity contribution in [1.29, 1.82) is 0 Å². The molecule has 0 saturated heterocycles. The Kier molecular flexibility index (Phi) is 5.88. The molecule has 0 bridgehead atoms. The molecule has 5 rings (SSSR count). The molecule has 1 fully saturated rings. The summed E-state index contributed by atoms with van der Waals surface area (Å²) < 4.78 is 33.1. The molecule has 6 atom stereocenters. The molecular weight excluding hydrogens is 430 g/mol. The maximum Gasteiger partial charge on any atom is 0.159 e. The summed E-state index contributed by atoms with van der Waals surface area (Å²) in [4.78, 5) is 0. The maximum atomic E-state index is 13.6. The molecule has 4 aliphatic carbocycles. The first-order valence-corrected chi connectivity index (χ1v) is 13.2. The molecule has 34 heavy (non-hydrogen) atoms. The smallest absolute Gasteiger partial charge is 0.159 e. The van der Waals surface area contributed by atoms with Gasteiger partial charge in [0.2, 0.25) is 0 Å². The van der Waals surface area contributed by atoms with Crippen molar-refractivity contribution in [3.63, 3.8) is 0 Å². The van der Waals surface area contributed by atoms with E-state index in [0.717, 1.165) is 44.9 Å². The van der Waals surface area contributed by atoms with E-state index in [2.05, 4.69) is 40.7 Å². The average Bonchev–Trinajstić information content (AvgIpc) is 3.14. The van der Waals surface area contributed by atoms with E-state index < -0.39 is 11.6 Å². The minimum absolute atomic E-state index is 0.0321. The molecule has 4 aliphatic rings. The highest BCUT2D eigenvalue weighted by atomic mass is 19.2. The molecule has 0 unspecified atom stereocenters. The lowest BCUT2D eigenvalue weighted by Gasteiger charge is -2.59. The molecule has 4 heteroatoms. The number of rotatable bonds is 4. The third kappa shape index (κ3) is 3.54.